The van der Waals surface area contributed by atoms with Crippen LogP contribution < -0.4 is 21.2 Å². The molecule has 0 spiro atoms. The third kappa shape index (κ3) is 3.11. The molecule has 128 valence electrons. The second-order valence-electron chi connectivity index (χ2n) is 5.51. The Balaban J connectivity index is 1.82. The number of H-pyrrole nitrogens is 1. The van der Waals surface area contributed by atoms with Gasteiger partial charge in [0.15, 0.2) is 6.54 Å². The summed E-state index contributed by atoms with van der Waals surface area (Å²) in [5.74, 6) is -0.394. The van der Waals surface area contributed by atoms with Gasteiger partial charge in [0.2, 0.25) is 6.33 Å². The van der Waals surface area contributed by atoms with E-state index in [9.17, 15) is 14.4 Å². The van der Waals surface area contributed by atoms with E-state index in [0.717, 1.165) is 10.1 Å². The van der Waals surface area contributed by atoms with E-state index in [2.05, 4.69) is 15.5 Å². The number of aromatic nitrogens is 4. The molecule has 0 saturated carbocycles. The quantitative estimate of drug-likeness (QED) is 0.361. The van der Waals surface area contributed by atoms with E-state index in [-0.39, 0.29) is 12.1 Å². The van der Waals surface area contributed by atoms with Crippen LogP contribution in [-0.2, 0) is 25.4 Å². The van der Waals surface area contributed by atoms with E-state index in [1.54, 1.807) is 7.05 Å². The molecule has 0 saturated heterocycles. The number of nitrogens with zero attached hydrogens (tertiary/aromatic N) is 4. The predicted molar refractivity (Wildman–Crippen MR) is 91.2 cm³/mol. The Bertz CT molecular complexity index is 1070. The first-order valence-electron chi connectivity index (χ1n) is 7.52. The van der Waals surface area contributed by atoms with Gasteiger partial charge < -0.3 is 0 Å². The van der Waals surface area contributed by atoms with E-state index in [1.807, 2.05) is 30.3 Å². The summed E-state index contributed by atoms with van der Waals surface area (Å²) in [7, 11) is 2.95. The van der Waals surface area contributed by atoms with E-state index in [4.69, 9.17) is 0 Å². The minimum atomic E-state index is -0.472. The van der Waals surface area contributed by atoms with Gasteiger partial charge in [-0.1, -0.05) is 30.3 Å². The number of hydrazone groups is 1. The van der Waals surface area contributed by atoms with Gasteiger partial charge in [0.1, 0.15) is 0 Å². The lowest BCUT2D eigenvalue weighted by Gasteiger charge is -2.01. The molecule has 2 heterocycles. The lowest BCUT2D eigenvalue weighted by atomic mass is 10.2. The number of imidazole rings is 1. The van der Waals surface area contributed by atoms with Gasteiger partial charge in [0.05, 0.1) is 6.21 Å². The van der Waals surface area contributed by atoms with E-state index in [0.29, 0.717) is 5.65 Å². The summed E-state index contributed by atoms with van der Waals surface area (Å²) in [5, 5.41) is 3.89. The molecule has 1 aromatic carbocycles. The molecule has 3 aromatic rings. The highest BCUT2D eigenvalue weighted by Crippen LogP contribution is 1.97. The normalized spacial score (nSPS) is 11.3. The predicted octanol–water partition coefficient (Wildman–Crippen LogP) is -0.997. The molecule has 2 N–H and O–H groups in total. The molecule has 0 aliphatic carbocycles. The molecule has 0 unspecified atom stereocenters. The number of fused-ring (bicyclic) bond motifs is 1. The standard InChI is InChI=1S/C16H16N6O3/c1-20-14-13(15(24)21(2)16(20)25)22(10-17-14)9-12(23)19-18-8-11-6-4-3-5-7-11/h3-8,10H,9H2,1-2H3,(H,19,23)/p+1. The SMILES string of the molecule is Cn1c(=O)c2c([nH]c[n+]2CC(=O)NN=Cc2ccccc2)n(C)c1=O. The number of nitrogens with one attached hydrogen (secondary N) is 2. The first-order chi connectivity index (χ1) is 12.0. The summed E-state index contributed by atoms with van der Waals surface area (Å²) in [6.07, 6.45) is 3.01. The number of hydrogen-bond acceptors (Lipinski definition) is 4. The van der Waals surface area contributed by atoms with Gasteiger partial charge in [-0.2, -0.15) is 5.10 Å². The van der Waals surface area contributed by atoms with Crippen LogP contribution in [0.25, 0.3) is 11.2 Å². The highest BCUT2D eigenvalue weighted by molar-refractivity contribution is 5.82. The van der Waals surface area contributed by atoms with E-state index >= 15 is 0 Å². The van der Waals surface area contributed by atoms with Crippen LogP contribution in [0, 0.1) is 0 Å². The number of carbonyl (C=O) groups is 1. The summed E-state index contributed by atoms with van der Waals surface area (Å²) in [4.78, 5) is 39.1. The number of aromatic amines is 1. The smallest absolute Gasteiger partial charge is 0.269 e. The van der Waals surface area contributed by atoms with Crippen molar-refractivity contribution < 1.29 is 9.36 Å². The molecule has 0 bridgehead atoms. The summed E-state index contributed by atoms with van der Waals surface area (Å²) < 4.78 is 3.77. The van der Waals surface area contributed by atoms with Crippen molar-refractivity contribution in [1.29, 1.82) is 0 Å². The Kier molecular flexibility index (Phi) is 4.29. The highest BCUT2D eigenvalue weighted by atomic mass is 16.2. The lowest BCUT2D eigenvalue weighted by molar-refractivity contribution is -0.659. The Morgan fingerprint density at radius 1 is 1.24 bits per heavy atom. The third-order valence-electron chi connectivity index (χ3n) is 3.80. The zero-order chi connectivity index (χ0) is 18.0. The monoisotopic (exact) mass is 341 g/mol. The Morgan fingerprint density at radius 3 is 2.68 bits per heavy atom. The van der Waals surface area contributed by atoms with Gasteiger partial charge in [-0.05, 0) is 5.56 Å². The summed E-state index contributed by atoms with van der Waals surface area (Å²) in [5.41, 5.74) is 2.95. The maximum atomic E-state index is 12.3. The minimum absolute atomic E-state index is 0.112. The fourth-order valence-electron chi connectivity index (χ4n) is 2.49. The third-order valence-corrected chi connectivity index (χ3v) is 3.80. The molecule has 0 aliphatic heterocycles. The van der Waals surface area contributed by atoms with Crippen LogP contribution in [0.4, 0.5) is 0 Å². The van der Waals surface area contributed by atoms with Crippen LogP contribution in [0.3, 0.4) is 0 Å². The van der Waals surface area contributed by atoms with Crippen molar-refractivity contribution >= 4 is 23.3 Å². The Hall–Kier alpha value is -3.49. The first kappa shape index (κ1) is 16.4. The molecule has 0 fully saturated rings. The number of amides is 1. The molecule has 2 aromatic heterocycles. The molecule has 3 rings (SSSR count). The van der Waals surface area contributed by atoms with Crippen molar-refractivity contribution in [1.82, 2.24) is 19.5 Å². The summed E-state index contributed by atoms with van der Waals surface area (Å²) in [6, 6.07) is 9.33. The van der Waals surface area contributed by atoms with Gasteiger partial charge >= 0.3 is 11.2 Å². The van der Waals surface area contributed by atoms with Crippen LogP contribution in [0.1, 0.15) is 5.56 Å². The molecule has 9 nitrogen and oxygen atoms in total. The highest BCUT2D eigenvalue weighted by Gasteiger charge is 2.21. The summed E-state index contributed by atoms with van der Waals surface area (Å²) >= 11 is 0. The second-order valence-corrected chi connectivity index (χ2v) is 5.51. The van der Waals surface area contributed by atoms with Gasteiger partial charge in [0.25, 0.3) is 17.1 Å². The minimum Gasteiger partial charge on any atom is -0.269 e. The fraction of sp³-hybridized carbons (Fsp3) is 0.188. The van der Waals surface area contributed by atoms with Crippen molar-refractivity contribution in [2.75, 3.05) is 0 Å². The largest absolute Gasteiger partial charge is 0.333 e. The van der Waals surface area contributed by atoms with Crippen LogP contribution in [0.15, 0.2) is 51.3 Å². The second kappa shape index (κ2) is 6.56. The van der Waals surface area contributed by atoms with Gasteiger partial charge in [-0.15, -0.1) is 0 Å². The molecular weight excluding hydrogens is 324 g/mol. The van der Waals surface area contributed by atoms with Crippen molar-refractivity contribution in [3.05, 3.63) is 63.1 Å². The topological polar surface area (TPSA) is 105 Å². The number of aryl methyl sites for hydroxylation is 1. The average molecular weight is 341 g/mol. The maximum absolute atomic E-state index is 12.3. The van der Waals surface area contributed by atoms with Gasteiger partial charge in [-0.25, -0.2) is 19.8 Å². The average Bonchev–Trinajstić information content (AvgIpc) is 3.02. The first-order valence-corrected chi connectivity index (χ1v) is 7.52. The van der Waals surface area contributed by atoms with Gasteiger partial charge in [0, 0.05) is 14.1 Å². The van der Waals surface area contributed by atoms with E-state index in [1.165, 1.54) is 28.7 Å². The maximum Gasteiger partial charge on any atom is 0.333 e. The van der Waals surface area contributed by atoms with Crippen LogP contribution in [0.5, 0.6) is 0 Å². The van der Waals surface area contributed by atoms with Crippen LogP contribution >= 0.6 is 0 Å². The number of rotatable bonds is 4. The molecule has 25 heavy (non-hydrogen) atoms. The molecule has 0 radical (unpaired) electrons. The van der Waals surface area contributed by atoms with Gasteiger partial charge in [-0.3, -0.25) is 18.7 Å². The molecule has 9 heteroatoms. The van der Waals surface area contributed by atoms with Crippen molar-refractivity contribution in [2.45, 2.75) is 6.54 Å². The fourth-order valence-corrected chi connectivity index (χ4v) is 2.49. The van der Waals surface area contributed by atoms with Crippen molar-refractivity contribution in [3.8, 4) is 0 Å². The summed E-state index contributed by atoms with van der Waals surface area (Å²) in [6.45, 7) is -0.112. The van der Waals surface area contributed by atoms with Crippen molar-refractivity contribution in [2.24, 2.45) is 19.2 Å². The van der Waals surface area contributed by atoms with Crippen molar-refractivity contribution in [3.63, 3.8) is 0 Å². The zero-order valence-electron chi connectivity index (χ0n) is 13.8. The Labute approximate surface area is 141 Å². The molecule has 0 atom stereocenters. The molecule has 0 aliphatic rings. The van der Waals surface area contributed by atoms with Crippen LogP contribution in [0.2, 0.25) is 0 Å². The zero-order valence-corrected chi connectivity index (χ0v) is 13.8. The number of benzene rings is 1. The number of hydrogen-bond donors (Lipinski definition) is 2. The molecule has 1 amide bonds. The lowest BCUT2D eigenvalue weighted by Crippen LogP contribution is -2.46. The Morgan fingerprint density at radius 2 is 1.96 bits per heavy atom. The van der Waals surface area contributed by atoms with E-state index < -0.39 is 17.2 Å². The van der Waals surface area contributed by atoms with Crippen LogP contribution in [-0.4, -0.2) is 26.2 Å². The number of carbonyl (C=O) groups excluding carboxylic acids is 1. The molecular formula is C16H17N6O3+.